The molecule has 3 atom stereocenters. The van der Waals surface area contributed by atoms with Crippen LogP contribution in [-0.4, -0.2) is 25.0 Å². The summed E-state index contributed by atoms with van der Waals surface area (Å²) in [7, 11) is 1.54. The quantitative estimate of drug-likeness (QED) is 0.657. The Labute approximate surface area is 187 Å². The predicted molar refractivity (Wildman–Crippen MR) is 123 cm³/mol. The summed E-state index contributed by atoms with van der Waals surface area (Å²) in [4.78, 5) is 27.1. The summed E-state index contributed by atoms with van der Waals surface area (Å²) >= 11 is 6.14. The third-order valence-corrected chi connectivity index (χ3v) is 6.70. The molecule has 31 heavy (non-hydrogen) atoms. The molecule has 1 fully saturated rings. The van der Waals surface area contributed by atoms with E-state index in [1.165, 1.54) is 0 Å². The second-order valence-electron chi connectivity index (χ2n) is 8.88. The van der Waals surface area contributed by atoms with E-state index in [4.69, 9.17) is 16.3 Å². The summed E-state index contributed by atoms with van der Waals surface area (Å²) in [5.41, 5.74) is 3.06. The number of methoxy groups -OCH3 is 1. The molecule has 2 aromatic rings. The predicted octanol–water partition coefficient (Wildman–Crippen LogP) is 4.39. The zero-order chi connectivity index (χ0) is 22.5. The maximum atomic E-state index is 13.6. The molecule has 2 heterocycles. The van der Waals surface area contributed by atoms with E-state index in [0.717, 1.165) is 22.4 Å². The minimum absolute atomic E-state index is 0.0227. The molecule has 164 valence electrons. The van der Waals surface area contributed by atoms with Crippen LogP contribution in [0.1, 0.15) is 37.0 Å². The second kappa shape index (κ2) is 7.84. The molecule has 2 amide bonds. The van der Waals surface area contributed by atoms with Crippen molar-refractivity contribution in [1.82, 2.24) is 5.32 Å². The Bertz CT molecular complexity index is 1070. The monoisotopic (exact) mass is 441 g/mol. The van der Waals surface area contributed by atoms with Gasteiger partial charge in [0.1, 0.15) is 11.3 Å². The highest BCUT2D eigenvalue weighted by Gasteiger charge is 2.60. The Hall–Kier alpha value is -2.57. The van der Waals surface area contributed by atoms with Crippen LogP contribution in [0.25, 0.3) is 0 Å². The van der Waals surface area contributed by atoms with Crippen LogP contribution in [-0.2, 0) is 15.1 Å². The molecule has 4 rings (SSSR count). The van der Waals surface area contributed by atoms with Crippen molar-refractivity contribution in [2.24, 2.45) is 11.8 Å². The second-order valence-corrected chi connectivity index (χ2v) is 9.32. The lowest BCUT2D eigenvalue weighted by molar-refractivity contribution is -0.130. The molecular formula is C24H28ClN3O3. The molecule has 6 nitrogen and oxygen atoms in total. The standard InChI is InChI=1S/C24H28ClN3O3/c1-12(2)18-11-17(22(29)26-19-10-15(25)6-7-20(19)31-5)24(28-18)16-9-13(3)8-14(4)21(16)27-23(24)30/h6-10,12,17-18,28H,11H2,1-5H3,(H,26,29)(H,27,30). The van der Waals surface area contributed by atoms with Crippen LogP contribution in [0.2, 0.25) is 5.02 Å². The first-order chi connectivity index (χ1) is 14.7. The third-order valence-electron chi connectivity index (χ3n) is 6.47. The fourth-order valence-corrected chi connectivity index (χ4v) is 5.06. The number of carbonyl (C=O) groups is 2. The lowest BCUT2D eigenvalue weighted by Crippen LogP contribution is -2.52. The van der Waals surface area contributed by atoms with Gasteiger partial charge in [0.05, 0.1) is 18.7 Å². The maximum absolute atomic E-state index is 13.6. The van der Waals surface area contributed by atoms with Crippen molar-refractivity contribution in [3.8, 4) is 5.75 Å². The van der Waals surface area contributed by atoms with Gasteiger partial charge in [-0.2, -0.15) is 0 Å². The highest BCUT2D eigenvalue weighted by atomic mass is 35.5. The molecule has 0 bridgehead atoms. The van der Waals surface area contributed by atoms with Gasteiger partial charge in [-0.05, 0) is 49.9 Å². The van der Waals surface area contributed by atoms with Gasteiger partial charge in [-0.25, -0.2) is 0 Å². The summed E-state index contributed by atoms with van der Waals surface area (Å²) in [6.07, 6.45) is 0.548. The van der Waals surface area contributed by atoms with Gasteiger partial charge < -0.3 is 15.4 Å². The zero-order valence-electron chi connectivity index (χ0n) is 18.4. The molecular weight excluding hydrogens is 414 g/mol. The highest BCUT2D eigenvalue weighted by Crippen LogP contribution is 2.49. The normalized spacial score (nSPS) is 24.4. The molecule has 7 heteroatoms. The Morgan fingerprint density at radius 1 is 1.26 bits per heavy atom. The van der Waals surface area contributed by atoms with Crippen LogP contribution >= 0.6 is 11.6 Å². The number of ether oxygens (including phenoxy) is 1. The number of rotatable bonds is 4. The van der Waals surface area contributed by atoms with Crippen LogP contribution in [0.3, 0.4) is 0 Å². The molecule has 0 aliphatic carbocycles. The number of carbonyl (C=O) groups excluding carboxylic acids is 2. The number of amides is 2. The van der Waals surface area contributed by atoms with Gasteiger partial charge >= 0.3 is 0 Å². The van der Waals surface area contributed by atoms with Gasteiger partial charge in [-0.1, -0.05) is 43.1 Å². The van der Waals surface area contributed by atoms with Crippen molar-refractivity contribution in [3.63, 3.8) is 0 Å². The van der Waals surface area contributed by atoms with Crippen molar-refractivity contribution in [3.05, 3.63) is 52.0 Å². The summed E-state index contributed by atoms with van der Waals surface area (Å²) in [6, 6.07) is 9.14. The molecule has 3 N–H and O–H groups in total. The fraction of sp³-hybridized carbons (Fsp3) is 0.417. The van der Waals surface area contributed by atoms with Crippen molar-refractivity contribution >= 4 is 34.8 Å². The lowest BCUT2D eigenvalue weighted by atomic mass is 9.78. The number of nitrogens with one attached hydrogen (secondary N) is 3. The van der Waals surface area contributed by atoms with Gasteiger partial charge in [0.2, 0.25) is 11.8 Å². The summed E-state index contributed by atoms with van der Waals surface area (Å²) in [5, 5.41) is 10.0. The van der Waals surface area contributed by atoms with Gasteiger partial charge in [-0.3, -0.25) is 14.9 Å². The average Bonchev–Trinajstić information content (AvgIpc) is 3.23. The number of halogens is 1. The Morgan fingerprint density at radius 3 is 2.68 bits per heavy atom. The number of hydrogen-bond donors (Lipinski definition) is 3. The molecule has 2 aliphatic rings. The van der Waals surface area contributed by atoms with Gasteiger partial charge in [0.25, 0.3) is 0 Å². The Balaban J connectivity index is 1.79. The van der Waals surface area contributed by atoms with E-state index in [1.54, 1.807) is 25.3 Å². The van der Waals surface area contributed by atoms with Gasteiger partial charge in [0, 0.05) is 22.3 Å². The zero-order valence-corrected chi connectivity index (χ0v) is 19.2. The summed E-state index contributed by atoms with van der Waals surface area (Å²) in [5.74, 6) is -0.235. The summed E-state index contributed by atoms with van der Waals surface area (Å²) < 4.78 is 5.38. The Morgan fingerprint density at radius 2 is 2.00 bits per heavy atom. The van der Waals surface area contributed by atoms with Crippen LogP contribution < -0.4 is 20.7 Å². The number of hydrogen-bond acceptors (Lipinski definition) is 4. The SMILES string of the molecule is COc1ccc(Cl)cc1NC(=O)C1CC(C(C)C)NC12C(=O)Nc1c(C)cc(C)cc12. The topological polar surface area (TPSA) is 79.5 Å². The van der Waals surface area contributed by atoms with Crippen molar-refractivity contribution in [2.75, 3.05) is 17.7 Å². The molecule has 0 aromatic heterocycles. The van der Waals surface area contributed by atoms with Crippen molar-refractivity contribution in [2.45, 2.75) is 45.7 Å². The lowest BCUT2D eigenvalue weighted by Gasteiger charge is -2.30. The average molecular weight is 442 g/mol. The number of anilines is 2. The highest BCUT2D eigenvalue weighted by molar-refractivity contribution is 6.31. The maximum Gasteiger partial charge on any atom is 0.250 e. The van der Waals surface area contributed by atoms with Crippen LogP contribution in [0.15, 0.2) is 30.3 Å². The van der Waals surface area contributed by atoms with E-state index in [0.29, 0.717) is 22.9 Å². The fourth-order valence-electron chi connectivity index (χ4n) is 4.89. The van der Waals surface area contributed by atoms with E-state index in [-0.39, 0.29) is 23.8 Å². The minimum atomic E-state index is -1.11. The molecule has 2 aliphatic heterocycles. The Kier molecular flexibility index (Phi) is 5.48. The summed E-state index contributed by atoms with van der Waals surface area (Å²) in [6.45, 7) is 8.18. The van der Waals surface area contributed by atoms with Crippen LogP contribution in [0, 0.1) is 25.7 Å². The van der Waals surface area contributed by atoms with Crippen LogP contribution in [0.5, 0.6) is 5.75 Å². The molecule has 0 radical (unpaired) electrons. The molecule has 0 saturated carbocycles. The van der Waals surface area contributed by atoms with E-state index in [2.05, 4.69) is 29.8 Å². The third kappa shape index (κ3) is 3.48. The first-order valence-corrected chi connectivity index (χ1v) is 10.9. The largest absolute Gasteiger partial charge is 0.495 e. The molecule has 1 spiro atoms. The van der Waals surface area contributed by atoms with E-state index in [9.17, 15) is 9.59 Å². The molecule has 2 aromatic carbocycles. The van der Waals surface area contributed by atoms with Gasteiger partial charge in [0.15, 0.2) is 0 Å². The molecule has 3 unspecified atom stereocenters. The number of fused-ring (bicyclic) bond motifs is 2. The smallest absolute Gasteiger partial charge is 0.250 e. The minimum Gasteiger partial charge on any atom is -0.495 e. The number of benzene rings is 2. The first kappa shape index (κ1) is 21.7. The van der Waals surface area contributed by atoms with Crippen LogP contribution in [0.4, 0.5) is 11.4 Å². The van der Waals surface area contributed by atoms with Crippen molar-refractivity contribution < 1.29 is 14.3 Å². The van der Waals surface area contributed by atoms with Gasteiger partial charge in [-0.15, -0.1) is 0 Å². The van der Waals surface area contributed by atoms with Crippen molar-refractivity contribution in [1.29, 1.82) is 0 Å². The van der Waals surface area contributed by atoms with E-state index >= 15 is 0 Å². The first-order valence-electron chi connectivity index (χ1n) is 10.5. The number of aryl methyl sites for hydroxylation is 2. The van der Waals surface area contributed by atoms with E-state index < -0.39 is 11.5 Å². The molecule has 1 saturated heterocycles. The van der Waals surface area contributed by atoms with E-state index in [1.807, 2.05) is 26.0 Å².